The van der Waals surface area contributed by atoms with Crippen LogP contribution in [0.1, 0.15) is 24.0 Å². The first-order valence-electron chi connectivity index (χ1n) is 13.4. The molecule has 2 aliphatic rings. The monoisotopic (exact) mass is 555 g/mol. The van der Waals surface area contributed by atoms with Crippen LogP contribution in [-0.2, 0) is 9.47 Å². The van der Waals surface area contributed by atoms with Crippen molar-refractivity contribution >= 4 is 11.8 Å². The molecular formula is C29H35F2N5O4. The van der Waals surface area contributed by atoms with Crippen molar-refractivity contribution in [2.24, 2.45) is 5.41 Å². The molecule has 2 atom stereocenters. The maximum Gasteiger partial charge on any atom is 0.320 e. The number of aromatic nitrogens is 2. The highest BCUT2D eigenvalue weighted by molar-refractivity contribution is 5.90. The zero-order valence-electron chi connectivity index (χ0n) is 23.0. The van der Waals surface area contributed by atoms with Crippen LogP contribution in [0.4, 0.5) is 19.4 Å². The van der Waals surface area contributed by atoms with E-state index in [9.17, 15) is 13.6 Å². The highest BCUT2D eigenvalue weighted by Crippen LogP contribution is 2.33. The molecule has 2 unspecified atom stereocenters. The minimum absolute atomic E-state index is 0.0695. The number of hydrogen-bond donors (Lipinski definition) is 2. The number of urea groups is 1. The maximum atomic E-state index is 14.1. The predicted octanol–water partition coefficient (Wildman–Crippen LogP) is 4.11. The van der Waals surface area contributed by atoms with Crippen molar-refractivity contribution in [1.82, 2.24) is 20.0 Å². The van der Waals surface area contributed by atoms with Crippen LogP contribution < -0.4 is 15.4 Å². The van der Waals surface area contributed by atoms with Crippen LogP contribution in [0, 0.1) is 24.0 Å². The average Bonchev–Trinajstić information content (AvgIpc) is 3.47. The molecule has 2 saturated heterocycles. The number of ether oxygens (including phenoxy) is 3. The van der Waals surface area contributed by atoms with Gasteiger partial charge in [0.2, 0.25) is 5.88 Å². The number of para-hydroxylation sites is 1. The van der Waals surface area contributed by atoms with E-state index in [0.29, 0.717) is 68.9 Å². The fourth-order valence-corrected chi connectivity index (χ4v) is 5.12. The Morgan fingerprint density at radius 3 is 2.60 bits per heavy atom. The summed E-state index contributed by atoms with van der Waals surface area (Å²) in [4.78, 5) is 15.5. The number of rotatable bonds is 10. The molecule has 1 aromatic heterocycles. The Balaban J connectivity index is 1.36. The summed E-state index contributed by atoms with van der Waals surface area (Å²) >= 11 is 0. The second-order valence-corrected chi connectivity index (χ2v) is 10.9. The van der Waals surface area contributed by atoms with Gasteiger partial charge >= 0.3 is 6.03 Å². The van der Waals surface area contributed by atoms with Crippen molar-refractivity contribution in [1.29, 1.82) is 0 Å². The van der Waals surface area contributed by atoms with E-state index >= 15 is 0 Å². The summed E-state index contributed by atoms with van der Waals surface area (Å²) < 4.78 is 46.0. The molecule has 40 heavy (non-hydrogen) atoms. The van der Waals surface area contributed by atoms with Gasteiger partial charge in [-0.15, -0.1) is 5.10 Å². The summed E-state index contributed by atoms with van der Waals surface area (Å²) in [6.07, 6.45) is 0. The van der Waals surface area contributed by atoms with Gasteiger partial charge in [-0.2, -0.15) is 0 Å². The summed E-state index contributed by atoms with van der Waals surface area (Å²) in [5, 5.41) is 10.7. The molecule has 0 spiro atoms. The van der Waals surface area contributed by atoms with Crippen molar-refractivity contribution in [2.45, 2.75) is 25.8 Å². The molecule has 2 aromatic carbocycles. The van der Waals surface area contributed by atoms with Crippen molar-refractivity contribution in [3.05, 3.63) is 71.3 Å². The van der Waals surface area contributed by atoms with Gasteiger partial charge in [0.15, 0.2) is 11.6 Å². The molecule has 3 heterocycles. The minimum atomic E-state index is -0.909. The van der Waals surface area contributed by atoms with Crippen molar-refractivity contribution < 1.29 is 27.8 Å². The average molecular weight is 556 g/mol. The lowest BCUT2D eigenvalue weighted by atomic mass is 9.90. The number of nitrogens with zero attached hydrogens (tertiary/aromatic N) is 3. The fraction of sp³-hybridized carbons (Fsp3) is 0.448. The van der Waals surface area contributed by atoms with Gasteiger partial charge in [-0.05, 0) is 36.8 Å². The molecule has 11 heteroatoms. The third-order valence-electron chi connectivity index (χ3n) is 7.47. The lowest BCUT2D eigenvalue weighted by Crippen LogP contribution is -2.44. The zero-order chi connectivity index (χ0) is 28.3. The van der Waals surface area contributed by atoms with E-state index < -0.39 is 17.7 Å². The molecule has 2 N–H and O–H groups in total. The lowest BCUT2D eigenvalue weighted by Gasteiger charge is -2.37. The Labute approximate surface area is 232 Å². The lowest BCUT2D eigenvalue weighted by molar-refractivity contribution is -0.120. The van der Waals surface area contributed by atoms with E-state index in [1.165, 1.54) is 6.07 Å². The number of hydrogen-bond acceptors (Lipinski definition) is 6. The van der Waals surface area contributed by atoms with Gasteiger partial charge in [0.25, 0.3) is 0 Å². The summed E-state index contributed by atoms with van der Waals surface area (Å²) in [7, 11) is 1.63. The first kappa shape index (κ1) is 28.0. The number of anilines is 1. The van der Waals surface area contributed by atoms with E-state index in [4.69, 9.17) is 14.2 Å². The smallest absolute Gasteiger partial charge is 0.320 e. The fourth-order valence-electron chi connectivity index (χ4n) is 5.12. The molecule has 0 saturated carbocycles. The Hall–Kier alpha value is -3.54. The molecule has 2 amide bonds. The topological polar surface area (TPSA) is 89.9 Å². The third kappa shape index (κ3) is 6.11. The molecule has 2 fully saturated rings. The Kier molecular flexibility index (Phi) is 8.34. The van der Waals surface area contributed by atoms with Crippen molar-refractivity contribution in [3.8, 4) is 11.6 Å². The summed E-state index contributed by atoms with van der Waals surface area (Å²) in [5.41, 5.74) is 2.01. The number of benzene rings is 2. The number of likely N-dealkylation sites (tertiary alicyclic amines) is 1. The molecule has 0 bridgehead atoms. The van der Waals surface area contributed by atoms with Gasteiger partial charge in [0, 0.05) is 38.1 Å². The first-order valence-corrected chi connectivity index (χ1v) is 13.4. The number of halogens is 2. The normalized spacial score (nSPS) is 20.2. The van der Waals surface area contributed by atoms with Crippen molar-refractivity contribution in [3.63, 3.8) is 0 Å². The Morgan fingerprint density at radius 1 is 1.15 bits per heavy atom. The molecule has 2 aliphatic heterocycles. The number of methoxy groups -OCH3 is 1. The molecule has 214 valence electrons. The summed E-state index contributed by atoms with van der Waals surface area (Å²) in [6.45, 7) is 7.92. The van der Waals surface area contributed by atoms with E-state index in [1.54, 1.807) is 17.9 Å². The number of nitrogens with one attached hydrogen (secondary N) is 2. The second-order valence-electron chi connectivity index (χ2n) is 10.9. The summed E-state index contributed by atoms with van der Waals surface area (Å²) in [5.74, 6) is -1.14. The molecule has 0 radical (unpaired) electrons. The van der Waals surface area contributed by atoms with Crippen LogP contribution in [0.3, 0.4) is 0 Å². The Morgan fingerprint density at radius 2 is 1.93 bits per heavy atom. The standard InChI is InChI=1S/C29H35F2N5O4/c1-19-26(36(21-7-5-4-6-8-21)34-27(19)40-18-29(2)16-39-17-29)33-28(37)32-25-15-35(11-12-38-3)14-22(25)20-9-10-23(30)24(31)13-20/h4-10,13,22,25H,11-12,14-18H2,1-3H3,(H2,32,33,37). The van der Waals surface area contributed by atoms with E-state index in [1.807, 2.05) is 37.3 Å². The van der Waals surface area contributed by atoms with E-state index in [0.717, 1.165) is 11.8 Å². The van der Waals surface area contributed by atoms with Crippen LogP contribution in [-0.4, -0.2) is 79.9 Å². The quantitative estimate of drug-likeness (QED) is 0.392. The van der Waals surface area contributed by atoms with Crippen LogP contribution in [0.2, 0.25) is 0 Å². The van der Waals surface area contributed by atoms with Crippen LogP contribution in [0.15, 0.2) is 48.5 Å². The maximum absolute atomic E-state index is 14.1. The van der Waals surface area contributed by atoms with Crippen molar-refractivity contribution in [2.75, 3.05) is 58.5 Å². The molecular weight excluding hydrogens is 520 g/mol. The molecule has 9 nitrogen and oxygen atoms in total. The number of amides is 2. The third-order valence-corrected chi connectivity index (χ3v) is 7.47. The van der Waals surface area contributed by atoms with Crippen LogP contribution >= 0.6 is 0 Å². The van der Waals surface area contributed by atoms with Gasteiger partial charge < -0.3 is 19.5 Å². The van der Waals surface area contributed by atoms with Gasteiger partial charge in [-0.1, -0.05) is 31.2 Å². The van der Waals surface area contributed by atoms with Gasteiger partial charge in [-0.25, -0.2) is 18.3 Å². The number of carbonyl (C=O) groups is 1. The van der Waals surface area contributed by atoms with E-state index in [2.05, 4.69) is 27.6 Å². The number of carbonyl (C=O) groups excluding carboxylic acids is 1. The van der Waals surface area contributed by atoms with Gasteiger partial charge in [-0.3, -0.25) is 10.2 Å². The SMILES string of the molecule is COCCN1CC(NC(=O)Nc2c(C)c(OCC3(C)COC3)nn2-c2ccccc2)C(c2ccc(F)c(F)c2)C1. The minimum Gasteiger partial charge on any atom is -0.476 e. The first-order chi connectivity index (χ1) is 19.3. The largest absolute Gasteiger partial charge is 0.476 e. The molecule has 5 rings (SSSR count). The van der Waals surface area contributed by atoms with E-state index in [-0.39, 0.29) is 17.4 Å². The van der Waals surface area contributed by atoms with Crippen LogP contribution in [0.25, 0.3) is 5.69 Å². The molecule has 3 aromatic rings. The second kappa shape index (κ2) is 11.9. The highest BCUT2D eigenvalue weighted by Gasteiger charge is 2.36. The highest BCUT2D eigenvalue weighted by atomic mass is 19.2. The van der Waals surface area contributed by atoms with Crippen LogP contribution in [0.5, 0.6) is 5.88 Å². The summed E-state index contributed by atoms with van der Waals surface area (Å²) in [6, 6.07) is 12.6. The Bertz CT molecular complexity index is 1330. The molecule has 0 aliphatic carbocycles. The predicted molar refractivity (Wildman–Crippen MR) is 146 cm³/mol. The van der Waals surface area contributed by atoms with Gasteiger partial charge in [0.1, 0.15) is 5.82 Å². The van der Waals surface area contributed by atoms with Gasteiger partial charge in [0.05, 0.1) is 43.7 Å². The zero-order valence-corrected chi connectivity index (χ0v) is 23.0.